The average Bonchev–Trinajstić information content (AvgIpc) is 3.00. The van der Waals surface area contributed by atoms with E-state index in [1.165, 1.54) is 4.90 Å². The largest absolute Gasteiger partial charge is 0.343 e. The quantitative estimate of drug-likeness (QED) is 0.745. The first-order valence-corrected chi connectivity index (χ1v) is 6.96. The Morgan fingerprint density at radius 1 is 0.955 bits per heavy atom. The van der Waals surface area contributed by atoms with Gasteiger partial charge in [-0.1, -0.05) is 53.7 Å². The van der Waals surface area contributed by atoms with Gasteiger partial charge in [-0.25, -0.2) is 4.68 Å². The van der Waals surface area contributed by atoms with Gasteiger partial charge in [0.15, 0.2) is 5.69 Å². The van der Waals surface area contributed by atoms with E-state index in [1.807, 2.05) is 60.7 Å². The van der Waals surface area contributed by atoms with Gasteiger partial charge < -0.3 is 4.90 Å². The third kappa shape index (κ3) is 2.48. The summed E-state index contributed by atoms with van der Waals surface area (Å²) in [7, 11) is 3.41. The zero-order valence-electron chi connectivity index (χ0n) is 12.5. The number of hydrogen-bond donors (Lipinski definition) is 0. The first kappa shape index (κ1) is 14.0. The summed E-state index contributed by atoms with van der Waals surface area (Å²) in [6, 6.07) is 19.4. The van der Waals surface area contributed by atoms with Gasteiger partial charge in [-0.15, -0.1) is 5.10 Å². The zero-order chi connectivity index (χ0) is 15.5. The van der Waals surface area contributed by atoms with Crippen LogP contribution in [0.3, 0.4) is 0 Å². The molecule has 3 aromatic rings. The number of carbonyl (C=O) groups excluding carboxylic acids is 1. The molecule has 0 aliphatic rings. The maximum absolute atomic E-state index is 12.4. The van der Waals surface area contributed by atoms with Gasteiger partial charge in [0.2, 0.25) is 0 Å². The molecule has 22 heavy (non-hydrogen) atoms. The smallest absolute Gasteiger partial charge is 0.276 e. The van der Waals surface area contributed by atoms with Gasteiger partial charge in [0.1, 0.15) is 5.69 Å². The third-order valence-electron chi connectivity index (χ3n) is 3.33. The van der Waals surface area contributed by atoms with E-state index in [1.54, 1.807) is 18.8 Å². The third-order valence-corrected chi connectivity index (χ3v) is 3.33. The van der Waals surface area contributed by atoms with Gasteiger partial charge in [0.25, 0.3) is 5.91 Å². The molecule has 0 atom stereocenters. The molecule has 1 amide bonds. The summed E-state index contributed by atoms with van der Waals surface area (Å²) in [5, 5.41) is 8.30. The second-order valence-electron chi connectivity index (χ2n) is 5.10. The van der Waals surface area contributed by atoms with Crippen molar-refractivity contribution in [2.45, 2.75) is 0 Å². The van der Waals surface area contributed by atoms with Gasteiger partial charge >= 0.3 is 0 Å². The standard InChI is InChI=1S/C17H16N4O/c1-20(2)17(22)15-16(13-9-5-3-6-10-13)21(19-18-15)14-11-7-4-8-12-14/h3-12H,1-2H3. The number of amides is 1. The van der Waals surface area contributed by atoms with Crippen LogP contribution >= 0.6 is 0 Å². The normalized spacial score (nSPS) is 10.5. The Hall–Kier alpha value is -2.95. The molecule has 3 rings (SSSR count). The summed E-state index contributed by atoms with van der Waals surface area (Å²) in [6.07, 6.45) is 0. The van der Waals surface area contributed by atoms with Crippen molar-refractivity contribution in [3.63, 3.8) is 0 Å². The van der Waals surface area contributed by atoms with Crippen LogP contribution in [0.2, 0.25) is 0 Å². The molecule has 0 saturated carbocycles. The molecule has 1 aromatic heterocycles. The van der Waals surface area contributed by atoms with E-state index < -0.39 is 0 Å². The predicted octanol–water partition coefficient (Wildman–Crippen LogP) is 2.64. The highest BCUT2D eigenvalue weighted by Gasteiger charge is 2.22. The van der Waals surface area contributed by atoms with Crippen LogP contribution in [0.5, 0.6) is 0 Å². The summed E-state index contributed by atoms with van der Waals surface area (Å²) < 4.78 is 1.70. The van der Waals surface area contributed by atoms with Crippen molar-refractivity contribution in [3.05, 3.63) is 66.4 Å². The molecule has 0 fully saturated rings. The summed E-state index contributed by atoms with van der Waals surface area (Å²) in [5.74, 6) is -0.166. The molecule has 0 bridgehead atoms. The Kier molecular flexibility index (Phi) is 3.70. The molecule has 5 heteroatoms. The Labute approximate surface area is 128 Å². The zero-order valence-corrected chi connectivity index (χ0v) is 12.5. The van der Waals surface area contributed by atoms with E-state index in [2.05, 4.69) is 10.3 Å². The Bertz CT molecular complexity index is 779. The molecular formula is C17H16N4O. The van der Waals surface area contributed by atoms with Crippen LogP contribution in [0.25, 0.3) is 16.9 Å². The van der Waals surface area contributed by atoms with E-state index in [9.17, 15) is 4.79 Å². The summed E-state index contributed by atoms with van der Waals surface area (Å²) >= 11 is 0. The maximum atomic E-state index is 12.4. The van der Waals surface area contributed by atoms with Crippen LogP contribution in [0.4, 0.5) is 0 Å². The number of nitrogens with zero attached hydrogens (tertiary/aromatic N) is 4. The topological polar surface area (TPSA) is 51.0 Å². The molecule has 0 aliphatic carbocycles. The summed E-state index contributed by atoms with van der Waals surface area (Å²) in [5.41, 5.74) is 2.82. The molecule has 0 radical (unpaired) electrons. The molecule has 0 aliphatic heterocycles. The van der Waals surface area contributed by atoms with Crippen LogP contribution in [-0.2, 0) is 0 Å². The van der Waals surface area contributed by atoms with E-state index in [4.69, 9.17) is 0 Å². The van der Waals surface area contributed by atoms with Gasteiger partial charge in [-0.05, 0) is 12.1 Å². The minimum absolute atomic E-state index is 0.166. The van der Waals surface area contributed by atoms with Crippen LogP contribution in [0.15, 0.2) is 60.7 Å². The number of carbonyl (C=O) groups is 1. The van der Waals surface area contributed by atoms with Crippen molar-refractivity contribution in [1.82, 2.24) is 19.9 Å². The molecule has 110 valence electrons. The van der Waals surface area contributed by atoms with E-state index >= 15 is 0 Å². The highest BCUT2D eigenvalue weighted by Crippen LogP contribution is 2.25. The van der Waals surface area contributed by atoms with Gasteiger partial charge in [-0.3, -0.25) is 4.79 Å². The summed E-state index contributed by atoms with van der Waals surface area (Å²) in [6.45, 7) is 0. The number of aromatic nitrogens is 3. The van der Waals surface area contributed by atoms with Crippen LogP contribution in [0, 0.1) is 0 Å². The van der Waals surface area contributed by atoms with E-state index in [0.717, 1.165) is 11.3 Å². The lowest BCUT2D eigenvalue weighted by Gasteiger charge is -2.11. The monoisotopic (exact) mass is 292 g/mol. The number of hydrogen-bond acceptors (Lipinski definition) is 3. The Balaban J connectivity index is 2.22. The van der Waals surface area contributed by atoms with Crippen molar-refractivity contribution in [2.24, 2.45) is 0 Å². The minimum atomic E-state index is -0.166. The van der Waals surface area contributed by atoms with Crippen LogP contribution in [-0.4, -0.2) is 39.9 Å². The van der Waals surface area contributed by atoms with E-state index in [0.29, 0.717) is 11.4 Å². The number of benzene rings is 2. The number of para-hydroxylation sites is 1. The molecular weight excluding hydrogens is 276 g/mol. The fraction of sp³-hybridized carbons (Fsp3) is 0.118. The van der Waals surface area contributed by atoms with E-state index in [-0.39, 0.29) is 5.91 Å². The molecule has 2 aromatic carbocycles. The van der Waals surface area contributed by atoms with Gasteiger partial charge in [0, 0.05) is 19.7 Å². The summed E-state index contributed by atoms with van der Waals surface area (Å²) in [4.78, 5) is 13.9. The Morgan fingerprint density at radius 3 is 2.14 bits per heavy atom. The van der Waals surface area contributed by atoms with Crippen molar-refractivity contribution in [3.8, 4) is 16.9 Å². The molecule has 0 unspecified atom stereocenters. The molecule has 0 N–H and O–H groups in total. The molecule has 1 heterocycles. The highest BCUT2D eigenvalue weighted by atomic mass is 16.2. The molecule has 5 nitrogen and oxygen atoms in total. The van der Waals surface area contributed by atoms with Crippen molar-refractivity contribution < 1.29 is 4.79 Å². The lowest BCUT2D eigenvalue weighted by Crippen LogP contribution is -2.22. The van der Waals surface area contributed by atoms with Crippen molar-refractivity contribution >= 4 is 5.91 Å². The SMILES string of the molecule is CN(C)C(=O)c1nnn(-c2ccccc2)c1-c1ccccc1. The maximum Gasteiger partial charge on any atom is 0.276 e. The molecule has 0 saturated heterocycles. The number of rotatable bonds is 3. The van der Waals surface area contributed by atoms with Gasteiger partial charge in [-0.2, -0.15) is 0 Å². The second-order valence-corrected chi connectivity index (χ2v) is 5.10. The van der Waals surface area contributed by atoms with Crippen molar-refractivity contribution in [2.75, 3.05) is 14.1 Å². The van der Waals surface area contributed by atoms with Gasteiger partial charge in [0.05, 0.1) is 5.69 Å². The molecule has 0 spiro atoms. The van der Waals surface area contributed by atoms with Crippen LogP contribution < -0.4 is 0 Å². The minimum Gasteiger partial charge on any atom is -0.343 e. The fourth-order valence-corrected chi connectivity index (χ4v) is 2.24. The van der Waals surface area contributed by atoms with Crippen molar-refractivity contribution in [1.29, 1.82) is 0 Å². The Morgan fingerprint density at radius 2 is 1.55 bits per heavy atom. The second kappa shape index (κ2) is 5.81. The highest BCUT2D eigenvalue weighted by molar-refractivity contribution is 5.98. The fourth-order valence-electron chi connectivity index (χ4n) is 2.24. The first-order valence-electron chi connectivity index (χ1n) is 6.96. The lowest BCUT2D eigenvalue weighted by molar-refractivity contribution is 0.0822. The van der Waals surface area contributed by atoms with Crippen LogP contribution in [0.1, 0.15) is 10.5 Å². The predicted molar refractivity (Wildman–Crippen MR) is 84.8 cm³/mol. The average molecular weight is 292 g/mol. The first-order chi connectivity index (χ1) is 10.7. The lowest BCUT2D eigenvalue weighted by atomic mass is 10.1.